The molecule has 1 fully saturated rings. The highest BCUT2D eigenvalue weighted by atomic mass is 32.1. The molecule has 2 aromatic heterocycles. The summed E-state index contributed by atoms with van der Waals surface area (Å²) in [6.07, 6.45) is 1.83. The summed E-state index contributed by atoms with van der Waals surface area (Å²) in [6.45, 7) is 0.725. The van der Waals surface area contributed by atoms with E-state index in [9.17, 15) is 4.39 Å². The third kappa shape index (κ3) is 2.07. The van der Waals surface area contributed by atoms with E-state index in [2.05, 4.69) is 15.3 Å². The third-order valence-corrected chi connectivity index (χ3v) is 4.39. The first-order chi connectivity index (χ1) is 10.2. The fourth-order valence-electron chi connectivity index (χ4n) is 2.43. The lowest BCUT2D eigenvalue weighted by atomic mass is 10.2. The second-order valence-electron chi connectivity index (χ2n) is 4.90. The van der Waals surface area contributed by atoms with Crippen molar-refractivity contribution in [2.45, 2.75) is 18.9 Å². The first-order valence-corrected chi connectivity index (χ1v) is 7.43. The molecule has 2 N–H and O–H groups in total. The Bertz CT molecular complexity index is 808. The van der Waals surface area contributed by atoms with Crippen molar-refractivity contribution < 1.29 is 9.13 Å². The summed E-state index contributed by atoms with van der Waals surface area (Å²) >= 11 is 1.29. The number of nitrogens with two attached hydrogens (primary N) is 1. The molecule has 4 rings (SSSR count). The number of anilines is 1. The Morgan fingerprint density at radius 2 is 2.29 bits per heavy atom. The molecule has 21 heavy (non-hydrogen) atoms. The van der Waals surface area contributed by atoms with E-state index in [1.165, 1.54) is 17.4 Å². The Morgan fingerprint density at radius 3 is 3.05 bits per heavy atom. The van der Waals surface area contributed by atoms with Gasteiger partial charge in [0, 0.05) is 17.9 Å². The number of nitrogen functional groups attached to an aromatic ring is 1. The highest BCUT2D eigenvalue weighted by Crippen LogP contribution is 2.32. The van der Waals surface area contributed by atoms with Crippen LogP contribution >= 0.6 is 11.3 Å². The van der Waals surface area contributed by atoms with Crippen molar-refractivity contribution in [3.63, 3.8) is 0 Å². The maximum Gasteiger partial charge on any atom is 0.235 e. The molecule has 1 aliphatic heterocycles. The lowest BCUT2D eigenvalue weighted by Gasteiger charge is -2.04. The minimum atomic E-state index is -0.390. The van der Waals surface area contributed by atoms with Crippen molar-refractivity contribution in [2.24, 2.45) is 0 Å². The van der Waals surface area contributed by atoms with Crippen LogP contribution in [0, 0.1) is 5.82 Å². The van der Waals surface area contributed by atoms with Crippen molar-refractivity contribution in [2.75, 3.05) is 12.3 Å². The first kappa shape index (κ1) is 12.7. The van der Waals surface area contributed by atoms with Gasteiger partial charge in [-0.3, -0.25) is 0 Å². The number of rotatable bonds is 2. The SMILES string of the molecule is Nc1ccc(-c2nn3c(C4CCCO4)nnc3s2)c(F)c1. The van der Waals surface area contributed by atoms with Crippen molar-refractivity contribution in [1.29, 1.82) is 0 Å². The van der Waals surface area contributed by atoms with Gasteiger partial charge in [0.15, 0.2) is 10.8 Å². The van der Waals surface area contributed by atoms with Crippen molar-refractivity contribution in [3.8, 4) is 10.6 Å². The second kappa shape index (κ2) is 4.74. The van der Waals surface area contributed by atoms with E-state index >= 15 is 0 Å². The van der Waals surface area contributed by atoms with Crippen molar-refractivity contribution >= 4 is 22.0 Å². The summed E-state index contributed by atoms with van der Waals surface area (Å²) in [5.41, 5.74) is 6.37. The van der Waals surface area contributed by atoms with E-state index in [4.69, 9.17) is 10.5 Å². The molecule has 1 aliphatic rings. The van der Waals surface area contributed by atoms with E-state index in [-0.39, 0.29) is 6.10 Å². The number of hydrogen-bond acceptors (Lipinski definition) is 6. The zero-order valence-corrected chi connectivity index (χ0v) is 11.8. The van der Waals surface area contributed by atoms with Gasteiger partial charge in [-0.25, -0.2) is 4.39 Å². The molecule has 108 valence electrons. The van der Waals surface area contributed by atoms with Gasteiger partial charge in [0.05, 0.1) is 0 Å². The Kier molecular flexibility index (Phi) is 2.86. The molecule has 0 radical (unpaired) electrons. The van der Waals surface area contributed by atoms with E-state index in [0.29, 0.717) is 27.0 Å². The van der Waals surface area contributed by atoms with Gasteiger partial charge in [-0.1, -0.05) is 11.3 Å². The number of halogens is 1. The van der Waals surface area contributed by atoms with Crippen molar-refractivity contribution in [1.82, 2.24) is 19.8 Å². The van der Waals surface area contributed by atoms with Crippen LogP contribution in [0.15, 0.2) is 18.2 Å². The van der Waals surface area contributed by atoms with Gasteiger partial charge in [0.2, 0.25) is 4.96 Å². The maximum absolute atomic E-state index is 14.0. The summed E-state index contributed by atoms with van der Waals surface area (Å²) in [5, 5.41) is 13.2. The second-order valence-corrected chi connectivity index (χ2v) is 5.86. The van der Waals surface area contributed by atoms with Gasteiger partial charge in [-0.15, -0.1) is 10.2 Å². The summed E-state index contributed by atoms with van der Waals surface area (Å²) < 4.78 is 21.2. The Balaban J connectivity index is 1.80. The highest BCUT2D eigenvalue weighted by Gasteiger charge is 2.25. The van der Waals surface area contributed by atoms with Gasteiger partial charge in [0.25, 0.3) is 0 Å². The number of ether oxygens (including phenoxy) is 1. The van der Waals surface area contributed by atoms with Crippen LogP contribution in [0.3, 0.4) is 0 Å². The molecule has 0 saturated carbocycles. The van der Waals surface area contributed by atoms with Crippen LogP contribution in [-0.2, 0) is 4.74 Å². The average Bonchev–Trinajstić information content (AvgIpc) is 3.13. The van der Waals surface area contributed by atoms with Gasteiger partial charge in [-0.2, -0.15) is 9.61 Å². The zero-order chi connectivity index (χ0) is 14.4. The molecule has 6 nitrogen and oxygen atoms in total. The molecule has 0 bridgehead atoms. The van der Waals surface area contributed by atoms with Crippen LogP contribution in [0.5, 0.6) is 0 Å². The van der Waals surface area contributed by atoms with E-state index in [0.717, 1.165) is 19.4 Å². The quantitative estimate of drug-likeness (QED) is 0.736. The van der Waals surface area contributed by atoms with Crippen LogP contribution in [0.2, 0.25) is 0 Å². The smallest absolute Gasteiger partial charge is 0.235 e. The summed E-state index contributed by atoms with van der Waals surface area (Å²) in [6, 6.07) is 4.57. The summed E-state index contributed by atoms with van der Waals surface area (Å²) in [4.78, 5) is 0.631. The van der Waals surface area contributed by atoms with E-state index in [1.807, 2.05) is 0 Å². The largest absolute Gasteiger partial charge is 0.399 e. The Morgan fingerprint density at radius 1 is 1.38 bits per heavy atom. The van der Waals surface area contributed by atoms with Gasteiger partial charge >= 0.3 is 0 Å². The average molecular weight is 305 g/mol. The highest BCUT2D eigenvalue weighted by molar-refractivity contribution is 7.19. The molecule has 3 heterocycles. The third-order valence-electron chi connectivity index (χ3n) is 3.46. The molecule has 1 aromatic carbocycles. The van der Waals surface area contributed by atoms with Gasteiger partial charge in [0.1, 0.15) is 11.9 Å². The van der Waals surface area contributed by atoms with Crippen LogP contribution in [-0.4, -0.2) is 26.4 Å². The van der Waals surface area contributed by atoms with Gasteiger partial charge < -0.3 is 10.5 Å². The molecule has 0 aliphatic carbocycles. The van der Waals surface area contributed by atoms with Crippen LogP contribution in [0.4, 0.5) is 10.1 Å². The lowest BCUT2D eigenvalue weighted by molar-refractivity contribution is 0.103. The molecule has 1 saturated heterocycles. The standard InChI is InChI=1S/C13H12FN5OS/c14-9-6-7(15)3-4-8(9)12-18-19-11(10-2-1-5-20-10)16-17-13(19)21-12/h3-4,6,10H,1-2,5,15H2. The van der Waals surface area contributed by atoms with E-state index in [1.54, 1.807) is 16.6 Å². The number of hydrogen-bond donors (Lipinski definition) is 1. The predicted molar refractivity (Wildman–Crippen MR) is 76.4 cm³/mol. The minimum Gasteiger partial charge on any atom is -0.399 e. The maximum atomic E-state index is 14.0. The summed E-state index contributed by atoms with van der Waals surface area (Å²) in [5.74, 6) is 0.291. The minimum absolute atomic E-state index is 0.0776. The number of benzene rings is 1. The number of nitrogens with zero attached hydrogens (tertiary/aromatic N) is 4. The van der Waals surface area contributed by atoms with Crippen LogP contribution in [0.25, 0.3) is 15.5 Å². The Labute approximate surface area is 123 Å². The lowest BCUT2D eigenvalue weighted by Crippen LogP contribution is -2.03. The topological polar surface area (TPSA) is 78.3 Å². The molecular weight excluding hydrogens is 293 g/mol. The number of aromatic nitrogens is 4. The Hall–Kier alpha value is -2.06. The monoisotopic (exact) mass is 305 g/mol. The fraction of sp³-hybridized carbons (Fsp3) is 0.308. The molecule has 0 spiro atoms. The van der Waals surface area contributed by atoms with Crippen LogP contribution < -0.4 is 5.73 Å². The molecular formula is C13H12FN5OS. The van der Waals surface area contributed by atoms with Gasteiger partial charge in [-0.05, 0) is 31.0 Å². The van der Waals surface area contributed by atoms with E-state index < -0.39 is 5.82 Å². The first-order valence-electron chi connectivity index (χ1n) is 6.61. The number of fused-ring (bicyclic) bond motifs is 1. The van der Waals surface area contributed by atoms with Crippen molar-refractivity contribution in [3.05, 3.63) is 29.8 Å². The molecule has 1 atom stereocenters. The normalized spacial score (nSPS) is 18.6. The predicted octanol–water partition coefficient (Wildman–Crippen LogP) is 2.43. The molecule has 1 unspecified atom stereocenters. The molecule has 8 heteroatoms. The molecule has 0 amide bonds. The van der Waals surface area contributed by atoms with Crippen LogP contribution in [0.1, 0.15) is 24.8 Å². The molecule has 3 aromatic rings. The fourth-order valence-corrected chi connectivity index (χ4v) is 3.30. The zero-order valence-electron chi connectivity index (χ0n) is 11.0. The summed E-state index contributed by atoms with van der Waals surface area (Å²) in [7, 11) is 0.